The molecule has 0 bridgehead atoms. The Morgan fingerprint density at radius 1 is 1.42 bits per heavy atom. The van der Waals surface area contributed by atoms with Crippen molar-refractivity contribution in [3.8, 4) is 0 Å². The first kappa shape index (κ1) is 16.2. The Balaban J connectivity index is 2.66. The summed E-state index contributed by atoms with van der Waals surface area (Å²) in [5.41, 5.74) is 0.699. The zero-order valence-corrected chi connectivity index (χ0v) is 13.5. The van der Waals surface area contributed by atoms with Gasteiger partial charge in [-0.05, 0) is 36.4 Å². The maximum atomic E-state index is 12.1. The van der Waals surface area contributed by atoms with Crippen LogP contribution in [0.4, 0.5) is 5.69 Å². The Hall–Kier alpha value is -0.880. The molecule has 1 rings (SSSR count). The van der Waals surface area contributed by atoms with Crippen LogP contribution < -0.4 is 10.9 Å². The number of hydrogen-bond acceptors (Lipinski definition) is 4. The van der Waals surface area contributed by atoms with Crippen molar-refractivity contribution in [1.29, 1.82) is 0 Å². The van der Waals surface area contributed by atoms with Gasteiger partial charge in [0.05, 0.1) is 18.4 Å². The average Bonchev–Trinajstić information content (AvgIpc) is 2.38. The van der Waals surface area contributed by atoms with E-state index in [-0.39, 0.29) is 5.56 Å². The average molecular weight is 331 g/mol. The monoisotopic (exact) mass is 330 g/mol. The molecular formula is C13H23BrN4O. The molecule has 0 radical (unpaired) electrons. The molecule has 0 unspecified atom stereocenters. The second-order valence-electron chi connectivity index (χ2n) is 4.84. The third-order valence-electron chi connectivity index (χ3n) is 2.84. The van der Waals surface area contributed by atoms with Gasteiger partial charge in [-0.1, -0.05) is 19.8 Å². The second-order valence-corrected chi connectivity index (χ2v) is 5.63. The summed E-state index contributed by atoms with van der Waals surface area (Å²) >= 11 is 3.36. The molecule has 1 heterocycles. The smallest absolute Gasteiger partial charge is 0.283 e. The molecule has 0 spiro atoms. The third kappa shape index (κ3) is 5.32. The van der Waals surface area contributed by atoms with Gasteiger partial charge >= 0.3 is 0 Å². The maximum absolute atomic E-state index is 12.1. The van der Waals surface area contributed by atoms with Crippen LogP contribution >= 0.6 is 15.9 Å². The lowest BCUT2D eigenvalue weighted by Crippen LogP contribution is -2.29. The fraction of sp³-hybridized carbons (Fsp3) is 0.692. The summed E-state index contributed by atoms with van der Waals surface area (Å²) in [7, 11) is 3.95. The number of aromatic nitrogens is 2. The molecule has 0 saturated heterocycles. The number of anilines is 1. The Bertz CT molecular complexity index is 445. The third-order valence-corrected chi connectivity index (χ3v) is 3.61. The van der Waals surface area contributed by atoms with Crippen LogP contribution in [0.15, 0.2) is 15.5 Å². The number of likely N-dealkylation sites (N-methyl/N-ethyl adjacent to an activating group) is 1. The molecule has 1 aromatic rings. The highest BCUT2D eigenvalue weighted by molar-refractivity contribution is 9.10. The molecule has 6 heteroatoms. The lowest BCUT2D eigenvalue weighted by Gasteiger charge is -2.12. The minimum absolute atomic E-state index is 0.0812. The van der Waals surface area contributed by atoms with E-state index in [1.165, 1.54) is 17.5 Å². The van der Waals surface area contributed by atoms with Crippen LogP contribution in [0.1, 0.15) is 26.2 Å². The molecule has 1 N–H and O–H groups in total. The number of halogens is 1. The zero-order chi connectivity index (χ0) is 14.3. The lowest BCUT2D eigenvalue weighted by atomic mass is 10.2. The van der Waals surface area contributed by atoms with Gasteiger partial charge in [-0.3, -0.25) is 4.79 Å². The highest BCUT2D eigenvalue weighted by atomic mass is 79.9. The molecule has 0 amide bonds. The van der Waals surface area contributed by atoms with Crippen molar-refractivity contribution >= 4 is 21.6 Å². The fourth-order valence-electron chi connectivity index (χ4n) is 1.64. The molecule has 0 aliphatic rings. The Morgan fingerprint density at radius 2 is 2.16 bits per heavy atom. The predicted octanol–water partition coefficient (Wildman–Crippen LogP) is 2.17. The number of nitrogens with one attached hydrogen (secondary N) is 1. The Morgan fingerprint density at radius 3 is 2.79 bits per heavy atom. The summed E-state index contributed by atoms with van der Waals surface area (Å²) in [6.07, 6.45) is 5.20. The van der Waals surface area contributed by atoms with E-state index in [0.29, 0.717) is 11.0 Å². The van der Waals surface area contributed by atoms with E-state index in [1.54, 1.807) is 6.20 Å². The number of nitrogens with zero attached hydrogens (tertiary/aromatic N) is 3. The maximum Gasteiger partial charge on any atom is 0.283 e. The second kappa shape index (κ2) is 8.32. The minimum Gasteiger partial charge on any atom is -0.383 e. The number of unbranched alkanes of at least 4 members (excludes halogenated alkanes) is 2. The van der Waals surface area contributed by atoms with Gasteiger partial charge in [0.15, 0.2) is 0 Å². The van der Waals surface area contributed by atoms with Gasteiger partial charge in [0.2, 0.25) is 0 Å². The van der Waals surface area contributed by atoms with Crippen molar-refractivity contribution in [2.24, 2.45) is 0 Å². The Labute approximate surface area is 123 Å². The molecule has 1 aromatic heterocycles. The Kier molecular flexibility index (Phi) is 7.09. The number of rotatable bonds is 8. The molecule has 0 aliphatic carbocycles. The van der Waals surface area contributed by atoms with Gasteiger partial charge < -0.3 is 10.2 Å². The molecular weight excluding hydrogens is 308 g/mol. The molecule has 0 atom stereocenters. The van der Waals surface area contributed by atoms with Gasteiger partial charge in [-0.2, -0.15) is 5.10 Å². The lowest BCUT2D eigenvalue weighted by molar-refractivity contribution is 0.367. The zero-order valence-electron chi connectivity index (χ0n) is 11.9. The van der Waals surface area contributed by atoms with E-state index in [9.17, 15) is 4.79 Å². The van der Waals surface area contributed by atoms with E-state index < -0.39 is 0 Å². The normalized spacial score (nSPS) is 11.0. The summed E-state index contributed by atoms with van der Waals surface area (Å²) < 4.78 is 2.05. The van der Waals surface area contributed by atoms with Crippen molar-refractivity contribution in [2.75, 3.05) is 32.5 Å². The fourth-order valence-corrected chi connectivity index (χ4v) is 2.09. The number of hydrogen-bond donors (Lipinski definition) is 1. The summed E-state index contributed by atoms with van der Waals surface area (Å²) in [4.78, 5) is 14.1. The highest BCUT2D eigenvalue weighted by Crippen LogP contribution is 2.16. The SMILES string of the molecule is CCCCCNc1cnn(CCN(C)C)c(=O)c1Br. The summed E-state index contributed by atoms with van der Waals surface area (Å²) in [6.45, 7) is 4.43. The topological polar surface area (TPSA) is 50.2 Å². The van der Waals surface area contributed by atoms with Crippen LogP contribution in [0.25, 0.3) is 0 Å². The summed E-state index contributed by atoms with van der Waals surface area (Å²) in [5, 5.41) is 7.44. The highest BCUT2D eigenvalue weighted by Gasteiger charge is 2.08. The van der Waals surface area contributed by atoms with Crippen molar-refractivity contribution in [3.63, 3.8) is 0 Å². The molecule has 5 nitrogen and oxygen atoms in total. The van der Waals surface area contributed by atoms with E-state index in [0.717, 1.165) is 25.2 Å². The minimum atomic E-state index is -0.0812. The van der Waals surface area contributed by atoms with Crippen molar-refractivity contribution in [2.45, 2.75) is 32.7 Å². The van der Waals surface area contributed by atoms with Gasteiger partial charge in [-0.25, -0.2) is 4.68 Å². The first-order valence-corrected chi connectivity index (χ1v) is 7.49. The van der Waals surface area contributed by atoms with Gasteiger partial charge in [-0.15, -0.1) is 0 Å². The van der Waals surface area contributed by atoms with Crippen LogP contribution in [-0.4, -0.2) is 41.9 Å². The van der Waals surface area contributed by atoms with E-state index in [4.69, 9.17) is 0 Å². The molecule has 0 saturated carbocycles. The standard InChI is InChI=1S/C13H23BrN4O/c1-4-5-6-7-15-11-10-16-18(9-8-17(2)3)13(19)12(11)14/h10,15H,4-9H2,1-3H3. The van der Waals surface area contributed by atoms with Crippen LogP contribution in [0.5, 0.6) is 0 Å². The molecule has 108 valence electrons. The van der Waals surface area contributed by atoms with Gasteiger partial charge in [0.1, 0.15) is 4.47 Å². The van der Waals surface area contributed by atoms with Crippen molar-refractivity contribution < 1.29 is 0 Å². The van der Waals surface area contributed by atoms with Crippen LogP contribution in [0.3, 0.4) is 0 Å². The summed E-state index contributed by atoms with van der Waals surface area (Å²) in [6, 6.07) is 0. The van der Waals surface area contributed by atoms with Crippen LogP contribution in [-0.2, 0) is 6.54 Å². The molecule has 19 heavy (non-hydrogen) atoms. The summed E-state index contributed by atoms with van der Waals surface area (Å²) in [5.74, 6) is 0. The van der Waals surface area contributed by atoms with Crippen molar-refractivity contribution in [1.82, 2.24) is 14.7 Å². The quantitative estimate of drug-likeness (QED) is 0.742. The first-order valence-electron chi connectivity index (χ1n) is 6.70. The largest absolute Gasteiger partial charge is 0.383 e. The van der Waals surface area contributed by atoms with Crippen LogP contribution in [0.2, 0.25) is 0 Å². The van der Waals surface area contributed by atoms with Gasteiger partial charge in [0, 0.05) is 13.1 Å². The van der Waals surface area contributed by atoms with Gasteiger partial charge in [0.25, 0.3) is 5.56 Å². The molecule has 0 aromatic carbocycles. The van der Waals surface area contributed by atoms with E-state index in [2.05, 4.69) is 33.3 Å². The molecule has 0 fully saturated rings. The van der Waals surface area contributed by atoms with E-state index >= 15 is 0 Å². The van der Waals surface area contributed by atoms with Crippen molar-refractivity contribution in [3.05, 3.63) is 21.0 Å². The van der Waals surface area contributed by atoms with E-state index in [1.807, 2.05) is 19.0 Å². The van der Waals surface area contributed by atoms with Crippen LogP contribution in [0, 0.1) is 0 Å². The molecule has 0 aliphatic heterocycles. The first-order chi connectivity index (χ1) is 9.06. The predicted molar refractivity (Wildman–Crippen MR) is 82.8 cm³/mol.